The maximum absolute atomic E-state index is 13.3. The third kappa shape index (κ3) is 3.96. The van der Waals surface area contributed by atoms with Crippen molar-refractivity contribution in [2.75, 3.05) is 13.2 Å². The van der Waals surface area contributed by atoms with Gasteiger partial charge in [0.05, 0.1) is 6.54 Å². The summed E-state index contributed by atoms with van der Waals surface area (Å²) in [5.41, 5.74) is -0.775. The lowest BCUT2D eigenvalue weighted by molar-refractivity contribution is -0.132. The fourth-order valence-corrected chi connectivity index (χ4v) is 3.88. The van der Waals surface area contributed by atoms with E-state index in [0.717, 1.165) is 15.7 Å². The molecule has 3 aromatic carbocycles. The molecule has 7 heteroatoms. The van der Waals surface area contributed by atoms with E-state index in [9.17, 15) is 19.1 Å². The quantitative estimate of drug-likeness (QED) is 0.571. The zero-order valence-electron chi connectivity index (χ0n) is 17.0. The van der Waals surface area contributed by atoms with Crippen LogP contribution >= 0.6 is 0 Å². The van der Waals surface area contributed by atoms with Crippen LogP contribution in [0.25, 0.3) is 10.8 Å². The van der Waals surface area contributed by atoms with Crippen LogP contribution in [0.3, 0.4) is 0 Å². The van der Waals surface area contributed by atoms with Gasteiger partial charge >= 0.3 is 6.03 Å². The Labute approximate surface area is 179 Å². The number of urea groups is 1. The van der Waals surface area contributed by atoms with E-state index in [2.05, 4.69) is 5.32 Å². The van der Waals surface area contributed by atoms with Crippen molar-refractivity contribution in [2.24, 2.45) is 0 Å². The van der Waals surface area contributed by atoms with Gasteiger partial charge in [0.2, 0.25) is 0 Å². The zero-order chi connectivity index (χ0) is 22.0. The van der Waals surface area contributed by atoms with Crippen LogP contribution in [-0.4, -0.2) is 41.2 Å². The fraction of sp³-hybridized carbons (Fsp3) is 0.250. The zero-order valence-corrected chi connectivity index (χ0v) is 17.0. The highest BCUT2D eigenvalue weighted by molar-refractivity contribution is 6.07. The Morgan fingerprint density at radius 1 is 1.06 bits per heavy atom. The minimum Gasteiger partial charge on any atom is -0.491 e. The number of rotatable bonds is 7. The minimum atomic E-state index is -1.27. The van der Waals surface area contributed by atoms with Gasteiger partial charge in [-0.05, 0) is 47.0 Å². The van der Waals surface area contributed by atoms with Gasteiger partial charge in [-0.3, -0.25) is 9.69 Å². The second-order valence-electron chi connectivity index (χ2n) is 7.59. The Balaban J connectivity index is 1.43. The standard InChI is InChI=1S/C24H23FN2O4/c1-2-24(18-8-10-19(25)11-9-18)22(29)27(23(30)26-24)14-20(28)15-31-21-12-7-16-5-3-4-6-17(16)13-21/h3-13,20,28H,2,14-15H2,1H3,(H,26,30). The largest absolute Gasteiger partial charge is 0.491 e. The number of carbonyl (C=O) groups excluding carboxylic acids is 2. The van der Waals surface area contributed by atoms with E-state index in [4.69, 9.17) is 4.74 Å². The first kappa shape index (κ1) is 20.8. The Bertz CT molecular complexity index is 1120. The van der Waals surface area contributed by atoms with E-state index in [1.54, 1.807) is 13.0 Å². The lowest BCUT2D eigenvalue weighted by atomic mass is 9.87. The molecule has 0 aromatic heterocycles. The first-order chi connectivity index (χ1) is 14.9. The molecular weight excluding hydrogens is 399 g/mol. The maximum atomic E-state index is 13.3. The maximum Gasteiger partial charge on any atom is 0.325 e. The molecule has 3 amide bonds. The second kappa shape index (κ2) is 8.35. The highest BCUT2D eigenvalue weighted by Crippen LogP contribution is 2.32. The van der Waals surface area contributed by atoms with Crippen LogP contribution < -0.4 is 10.1 Å². The number of hydrogen-bond acceptors (Lipinski definition) is 4. The molecule has 0 radical (unpaired) electrons. The van der Waals surface area contributed by atoms with Gasteiger partial charge in [0.25, 0.3) is 5.91 Å². The summed E-state index contributed by atoms with van der Waals surface area (Å²) < 4.78 is 19.0. The number of aliphatic hydroxyl groups is 1. The summed E-state index contributed by atoms with van der Waals surface area (Å²) in [4.78, 5) is 26.6. The monoisotopic (exact) mass is 422 g/mol. The van der Waals surface area contributed by atoms with Gasteiger partial charge in [0.1, 0.15) is 29.8 Å². The minimum absolute atomic E-state index is 0.0783. The summed E-state index contributed by atoms with van der Waals surface area (Å²) in [6, 6.07) is 18.3. The van der Waals surface area contributed by atoms with Gasteiger partial charge in [0, 0.05) is 0 Å². The van der Waals surface area contributed by atoms with E-state index in [1.807, 2.05) is 36.4 Å². The first-order valence-corrected chi connectivity index (χ1v) is 10.1. The third-order valence-corrected chi connectivity index (χ3v) is 5.60. The molecule has 1 saturated heterocycles. The number of ether oxygens (including phenoxy) is 1. The Hall–Kier alpha value is -3.45. The predicted molar refractivity (Wildman–Crippen MR) is 114 cm³/mol. The number of nitrogens with zero attached hydrogens (tertiary/aromatic N) is 1. The van der Waals surface area contributed by atoms with Crippen LogP contribution in [0.2, 0.25) is 0 Å². The number of benzene rings is 3. The summed E-state index contributed by atoms with van der Waals surface area (Å²) >= 11 is 0. The lowest BCUT2D eigenvalue weighted by Gasteiger charge is -2.26. The molecule has 31 heavy (non-hydrogen) atoms. The van der Waals surface area contributed by atoms with Gasteiger partial charge < -0.3 is 15.2 Å². The number of β-amino-alcohol motifs (C(OH)–C–C–N with tert-alkyl or cyclic N) is 1. The summed E-state index contributed by atoms with van der Waals surface area (Å²) in [6.45, 7) is 1.48. The summed E-state index contributed by atoms with van der Waals surface area (Å²) in [6.07, 6.45) is -0.773. The van der Waals surface area contributed by atoms with Gasteiger partial charge in [0.15, 0.2) is 0 Å². The second-order valence-corrected chi connectivity index (χ2v) is 7.59. The molecule has 160 valence electrons. The molecule has 6 nitrogen and oxygen atoms in total. The van der Waals surface area contributed by atoms with E-state index < -0.39 is 29.4 Å². The SMILES string of the molecule is CCC1(c2ccc(F)cc2)NC(=O)N(CC(O)COc2ccc3ccccc3c2)C1=O. The summed E-state index contributed by atoms with van der Waals surface area (Å²) in [7, 11) is 0. The van der Waals surface area contributed by atoms with Crippen molar-refractivity contribution >= 4 is 22.7 Å². The van der Waals surface area contributed by atoms with Crippen molar-refractivity contribution in [3.05, 3.63) is 78.1 Å². The summed E-state index contributed by atoms with van der Waals surface area (Å²) in [5.74, 6) is -0.314. The number of halogens is 1. The molecule has 1 aliphatic rings. The molecule has 0 spiro atoms. The molecule has 2 N–H and O–H groups in total. The first-order valence-electron chi connectivity index (χ1n) is 10.1. The van der Waals surface area contributed by atoms with Crippen molar-refractivity contribution in [3.8, 4) is 5.75 Å². The van der Waals surface area contributed by atoms with Crippen molar-refractivity contribution in [3.63, 3.8) is 0 Å². The lowest BCUT2D eigenvalue weighted by Crippen LogP contribution is -2.44. The van der Waals surface area contributed by atoms with Crippen molar-refractivity contribution in [1.29, 1.82) is 0 Å². The topological polar surface area (TPSA) is 78.9 Å². The van der Waals surface area contributed by atoms with Crippen LogP contribution in [0.1, 0.15) is 18.9 Å². The smallest absolute Gasteiger partial charge is 0.325 e. The van der Waals surface area contributed by atoms with Crippen molar-refractivity contribution in [1.82, 2.24) is 10.2 Å². The van der Waals surface area contributed by atoms with Crippen LogP contribution in [0.15, 0.2) is 66.7 Å². The van der Waals surface area contributed by atoms with Gasteiger partial charge in [-0.2, -0.15) is 0 Å². The van der Waals surface area contributed by atoms with E-state index in [0.29, 0.717) is 17.7 Å². The Morgan fingerprint density at radius 2 is 1.77 bits per heavy atom. The van der Waals surface area contributed by atoms with E-state index in [-0.39, 0.29) is 13.2 Å². The Kier molecular flexibility index (Phi) is 5.61. The highest BCUT2D eigenvalue weighted by Gasteiger charge is 2.51. The number of imide groups is 1. The van der Waals surface area contributed by atoms with Gasteiger partial charge in [-0.1, -0.05) is 49.4 Å². The number of carbonyl (C=O) groups is 2. The molecule has 0 bridgehead atoms. The average Bonchev–Trinajstić information content (AvgIpc) is 3.03. The van der Waals surface area contributed by atoms with Crippen LogP contribution in [0, 0.1) is 5.82 Å². The molecule has 2 unspecified atom stereocenters. The highest BCUT2D eigenvalue weighted by atomic mass is 19.1. The van der Waals surface area contributed by atoms with Gasteiger partial charge in [-0.15, -0.1) is 0 Å². The van der Waals surface area contributed by atoms with Crippen LogP contribution in [-0.2, 0) is 10.3 Å². The molecule has 2 atom stereocenters. The predicted octanol–water partition coefficient (Wildman–Crippen LogP) is 3.58. The average molecular weight is 422 g/mol. The number of aliphatic hydroxyl groups excluding tert-OH is 1. The Morgan fingerprint density at radius 3 is 2.48 bits per heavy atom. The van der Waals surface area contributed by atoms with E-state index in [1.165, 1.54) is 24.3 Å². The molecule has 1 fully saturated rings. The molecule has 1 heterocycles. The molecule has 4 rings (SSSR count). The molecule has 0 aliphatic carbocycles. The van der Waals surface area contributed by atoms with Crippen molar-refractivity contribution in [2.45, 2.75) is 25.0 Å². The molecule has 3 aromatic rings. The third-order valence-electron chi connectivity index (χ3n) is 5.60. The number of fused-ring (bicyclic) bond motifs is 1. The fourth-order valence-electron chi connectivity index (χ4n) is 3.88. The molecule has 1 aliphatic heterocycles. The number of hydrogen-bond donors (Lipinski definition) is 2. The number of nitrogens with one attached hydrogen (secondary N) is 1. The van der Waals surface area contributed by atoms with Gasteiger partial charge in [-0.25, -0.2) is 9.18 Å². The van der Waals surface area contributed by atoms with E-state index >= 15 is 0 Å². The van der Waals surface area contributed by atoms with Crippen molar-refractivity contribution < 1.29 is 23.8 Å². The normalized spacial score (nSPS) is 19.5. The molecule has 0 saturated carbocycles. The summed E-state index contributed by atoms with van der Waals surface area (Å²) in [5, 5.41) is 15.2. The van der Waals surface area contributed by atoms with Crippen LogP contribution in [0.4, 0.5) is 9.18 Å². The number of amides is 3. The van der Waals surface area contributed by atoms with Crippen LogP contribution in [0.5, 0.6) is 5.75 Å². The molecular formula is C24H23FN2O4.